The Labute approximate surface area is 171 Å². The molecule has 4 rings (SSSR count). The minimum atomic E-state index is -2.16. The molecule has 1 aromatic heterocycles. The number of rotatable bonds is 5. The number of aromatic nitrogens is 1. The van der Waals surface area contributed by atoms with Gasteiger partial charge in [-0.25, -0.2) is 4.21 Å². The topological polar surface area (TPSA) is 71.3 Å². The normalized spacial score (nSPS) is 12.1. The molecule has 1 unspecified atom stereocenters. The molecule has 146 valence electrons. The Kier molecular flexibility index (Phi) is 5.29. The Morgan fingerprint density at radius 1 is 0.966 bits per heavy atom. The highest BCUT2D eigenvalue weighted by molar-refractivity contribution is 7.80. The minimum Gasteiger partial charge on any atom is -0.289 e. The predicted molar refractivity (Wildman–Crippen MR) is 119 cm³/mol. The van der Waals surface area contributed by atoms with Gasteiger partial charge in [0, 0.05) is 17.1 Å². The summed E-state index contributed by atoms with van der Waals surface area (Å²) in [7, 11) is 0. The first kappa shape index (κ1) is 19.1. The standard InChI is InChI=1S/C23H20N2O3S/c1-2-19-15-17-9-7-13-21(16-8-6-10-18(14-16)24-29(27)28)22(17)23(26)25(19)20-11-4-3-5-12-20/h3-15,24H,2H2,1H3,(H,27,28). The van der Waals surface area contributed by atoms with Gasteiger partial charge in [0.1, 0.15) is 0 Å². The van der Waals surface area contributed by atoms with Crippen LogP contribution in [-0.2, 0) is 17.7 Å². The van der Waals surface area contributed by atoms with Gasteiger partial charge in [0.2, 0.25) is 0 Å². The van der Waals surface area contributed by atoms with E-state index in [1.165, 1.54) is 0 Å². The van der Waals surface area contributed by atoms with Gasteiger partial charge in [0.25, 0.3) is 16.8 Å². The van der Waals surface area contributed by atoms with Gasteiger partial charge >= 0.3 is 0 Å². The zero-order valence-electron chi connectivity index (χ0n) is 15.8. The van der Waals surface area contributed by atoms with Crippen LogP contribution in [0.3, 0.4) is 0 Å². The molecule has 0 aliphatic heterocycles. The van der Waals surface area contributed by atoms with Crippen molar-refractivity contribution >= 4 is 27.7 Å². The fourth-order valence-corrected chi connectivity index (χ4v) is 3.96. The molecule has 1 atom stereocenters. The third-order valence-electron chi connectivity index (χ3n) is 4.88. The number of hydrogen-bond donors (Lipinski definition) is 2. The van der Waals surface area contributed by atoms with Crippen LogP contribution >= 0.6 is 0 Å². The quantitative estimate of drug-likeness (QED) is 0.471. The van der Waals surface area contributed by atoms with Crippen LogP contribution in [0.15, 0.2) is 83.7 Å². The number of para-hydroxylation sites is 1. The summed E-state index contributed by atoms with van der Waals surface area (Å²) in [5, 5.41) is 1.50. The molecule has 3 aromatic carbocycles. The van der Waals surface area contributed by atoms with Gasteiger partial charge in [0.05, 0.1) is 5.39 Å². The lowest BCUT2D eigenvalue weighted by Gasteiger charge is -2.16. The van der Waals surface area contributed by atoms with Gasteiger partial charge < -0.3 is 0 Å². The van der Waals surface area contributed by atoms with E-state index in [1.807, 2.05) is 61.5 Å². The predicted octanol–water partition coefficient (Wildman–Crippen LogP) is 4.77. The van der Waals surface area contributed by atoms with E-state index in [-0.39, 0.29) is 5.56 Å². The maximum atomic E-state index is 13.6. The van der Waals surface area contributed by atoms with Gasteiger partial charge in [-0.15, -0.1) is 0 Å². The SMILES string of the molecule is CCc1cc2cccc(-c3cccc(NS(=O)O)c3)c2c(=O)n1-c1ccccc1. The van der Waals surface area contributed by atoms with Crippen molar-refractivity contribution < 1.29 is 8.76 Å². The van der Waals surface area contributed by atoms with E-state index < -0.39 is 11.3 Å². The summed E-state index contributed by atoms with van der Waals surface area (Å²) in [6, 6.07) is 24.6. The van der Waals surface area contributed by atoms with Gasteiger partial charge in [-0.05, 0) is 53.3 Å². The lowest BCUT2D eigenvalue weighted by atomic mass is 9.98. The number of nitrogens with zero attached hydrogens (tertiary/aromatic N) is 1. The van der Waals surface area contributed by atoms with E-state index in [1.54, 1.807) is 22.8 Å². The third kappa shape index (κ3) is 3.72. The molecular formula is C23H20N2O3S. The van der Waals surface area contributed by atoms with Crippen LogP contribution in [-0.4, -0.2) is 13.3 Å². The summed E-state index contributed by atoms with van der Waals surface area (Å²) in [4.78, 5) is 13.6. The molecule has 0 spiro atoms. The van der Waals surface area contributed by atoms with Crippen molar-refractivity contribution in [1.29, 1.82) is 0 Å². The number of aryl methyl sites for hydroxylation is 1. The van der Waals surface area contributed by atoms with Crippen LogP contribution in [0.25, 0.3) is 27.6 Å². The summed E-state index contributed by atoms with van der Waals surface area (Å²) < 4.78 is 24.5. The monoisotopic (exact) mass is 404 g/mol. The summed E-state index contributed by atoms with van der Waals surface area (Å²) in [6.07, 6.45) is 0.728. The smallest absolute Gasteiger partial charge is 0.263 e. The third-order valence-corrected chi connectivity index (χ3v) is 5.29. The van der Waals surface area contributed by atoms with E-state index in [4.69, 9.17) is 4.55 Å². The van der Waals surface area contributed by atoms with Crippen molar-refractivity contribution in [2.75, 3.05) is 4.72 Å². The highest BCUT2D eigenvalue weighted by Gasteiger charge is 2.14. The maximum Gasteiger partial charge on any atom is 0.263 e. The Bertz CT molecular complexity index is 1270. The van der Waals surface area contributed by atoms with Crippen molar-refractivity contribution in [3.05, 3.63) is 94.9 Å². The van der Waals surface area contributed by atoms with Crippen molar-refractivity contribution in [2.24, 2.45) is 0 Å². The zero-order valence-corrected chi connectivity index (χ0v) is 16.6. The Hall–Kier alpha value is -3.22. The highest BCUT2D eigenvalue weighted by Crippen LogP contribution is 2.29. The lowest BCUT2D eigenvalue weighted by Crippen LogP contribution is -2.22. The van der Waals surface area contributed by atoms with E-state index in [9.17, 15) is 9.00 Å². The molecular weight excluding hydrogens is 384 g/mol. The molecule has 0 aliphatic carbocycles. The van der Waals surface area contributed by atoms with E-state index in [2.05, 4.69) is 10.8 Å². The van der Waals surface area contributed by atoms with Crippen LogP contribution < -0.4 is 10.3 Å². The first-order chi connectivity index (χ1) is 14.1. The number of hydrogen-bond acceptors (Lipinski definition) is 2. The van der Waals surface area contributed by atoms with Crippen LogP contribution in [0.4, 0.5) is 5.69 Å². The lowest BCUT2D eigenvalue weighted by molar-refractivity contribution is 0.570. The summed E-state index contributed by atoms with van der Waals surface area (Å²) in [6.45, 7) is 2.04. The number of pyridine rings is 1. The molecule has 0 saturated carbocycles. The molecule has 6 heteroatoms. The Morgan fingerprint density at radius 3 is 2.45 bits per heavy atom. The van der Waals surface area contributed by atoms with Crippen molar-refractivity contribution in [2.45, 2.75) is 13.3 Å². The van der Waals surface area contributed by atoms with Crippen molar-refractivity contribution in [3.63, 3.8) is 0 Å². The molecule has 0 aliphatic rings. The van der Waals surface area contributed by atoms with Gasteiger partial charge in [-0.2, -0.15) is 0 Å². The molecule has 0 bridgehead atoms. The van der Waals surface area contributed by atoms with Crippen LogP contribution in [0, 0.1) is 0 Å². The number of nitrogens with one attached hydrogen (secondary N) is 1. The molecule has 4 aromatic rings. The number of benzene rings is 3. The minimum absolute atomic E-state index is 0.0785. The molecule has 0 fully saturated rings. The highest BCUT2D eigenvalue weighted by atomic mass is 32.2. The molecule has 5 nitrogen and oxygen atoms in total. The Morgan fingerprint density at radius 2 is 1.72 bits per heavy atom. The summed E-state index contributed by atoms with van der Waals surface area (Å²) in [5.74, 6) is 0. The fourth-order valence-electron chi connectivity index (χ4n) is 3.63. The maximum absolute atomic E-state index is 13.6. The number of anilines is 1. The molecule has 1 heterocycles. The summed E-state index contributed by atoms with van der Waals surface area (Å²) in [5.41, 5.74) is 3.78. The summed E-state index contributed by atoms with van der Waals surface area (Å²) >= 11 is -2.16. The van der Waals surface area contributed by atoms with Crippen molar-refractivity contribution in [1.82, 2.24) is 4.57 Å². The van der Waals surface area contributed by atoms with Crippen molar-refractivity contribution in [3.8, 4) is 16.8 Å². The molecule has 0 radical (unpaired) electrons. The second-order valence-electron chi connectivity index (χ2n) is 6.67. The first-order valence-corrected chi connectivity index (χ1v) is 10.4. The largest absolute Gasteiger partial charge is 0.289 e. The molecule has 0 amide bonds. The van der Waals surface area contributed by atoms with E-state index in [0.717, 1.165) is 34.3 Å². The second-order valence-corrected chi connectivity index (χ2v) is 7.37. The molecule has 2 N–H and O–H groups in total. The average Bonchev–Trinajstić information content (AvgIpc) is 2.73. The van der Waals surface area contributed by atoms with Gasteiger partial charge in [-0.1, -0.05) is 55.5 Å². The van der Waals surface area contributed by atoms with Gasteiger partial charge in [-0.3, -0.25) is 18.6 Å². The average molecular weight is 404 g/mol. The molecule has 29 heavy (non-hydrogen) atoms. The zero-order chi connectivity index (χ0) is 20.4. The van der Waals surface area contributed by atoms with Crippen LogP contribution in [0.5, 0.6) is 0 Å². The first-order valence-electron chi connectivity index (χ1n) is 9.29. The van der Waals surface area contributed by atoms with Crippen LogP contribution in [0.1, 0.15) is 12.6 Å². The second kappa shape index (κ2) is 8.03. The van der Waals surface area contributed by atoms with E-state index in [0.29, 0.717) is 11.1 Å². The number of fused-ring (bicyclic) bond motifs is 1. The fraction of sp³-hybridized carbons (Fsp3) is 0.0870. The van der Waals surface area contributed by atoms with Gasteiger partial charge in [0.15, 0.2) is 0 Å². The molecule has 0 saturated heterocycles. The Balaban J connectivity index is 2.00. The van der Waals surface area contributed by atoms with Crippen LogP contribution in [0.2, 0.25) is 0 Å². The van der Waals surface area contributed by atoms with E-state index >= 15 is 0 Å².